The Balaban J connectivity index is 2.47. The van der Waals surface area contributed by atoms with Crippen LogP contribution < -0.4 is 5.32 Å². The fourth-order valence-corrected chi connectivity index (χ4v) is 1.72. The van der Waals surface area contributed by atoms with E-state index in [4.69, 9.17) is 5.11 Å². The second kappa shape index (κ2) is 6.47. The van der Waals surface area contributed by atoms with E-state index in [1.165, 1.54) is 0 Å². The Labute approximate surface area is 108 Å². The average molecular weight is 251 g/mol. The van der Waals surface area contributed by atoms with Crippen LogP contribution in [0.5, 0.6) is 0 Å². The number of likely N-dealkylation sites (N-methyl/N-ethyl adjacent to an activating group) is 2. The van der Waals surface area contributed by atoms with E-state index in [-0.39, 0.29) is 0 Å². The van der Waals surface area contributed by atoms with E-state index >= 15 is 0 Å². The topological polar surface area (TPSA) is 65.5 Å². The number of aliphatic carboxylic acids is 1. The second-order valence-corrected chi connectivity index (χ2v) is 4.70. The Morgan fingerprint density at radius 1 is 1.56 bits per heavy atom. The molecule has 100 valence electrons. The van der Waals surface area contributed by atoms with Gasteiger partial charge in [0.1, 0.15) is 5.54 Å². The molecule has 5 nitrogen and oxygen atoms in total. The third-order valence-corrected chi connectivity index (χ3v) is 3.09. The number of carboxylic acid groups (broad SMARTS) is 1. The minimum absolute atomic E-state index is 0.450. The van der Waals surface area contributed by atoms with E-state index in [0.717, 1.165) is 18.7 Å². The lowest BCUT2D eigenvalue weighted by Crippen LogP contribution is -2.55. The number of nitrogens with one attached hydrogen (secondary N) is 1. The summed E-state index contributed by atoms with van der Waals surface area (Å²) in [4.78, 5) is 17.4. The van der Waals surface area contributed by atoms with E-state index in [1.807, 2.05) is 30.1 Å². The smallest absolute Gasteiger partial charge is 0.324 e. The molecule has 2 N–H and O–H groups in total. The maximum absolute atomic E-state index is 11.2. The van der Waals surface area contributed by atoms with Crippen molar-refractivity contribution in [2.45, 2.75) is 18.9 Å². The van der Waals surface area contributed by atoms with Crippen molar-refractivity contribution >= 4 is 5.97 Å². The molecule has 0 fully saturated rings. The number of rotatable bonds is 7. The minimum Gasteiger partial charge on any atom is -0.480 e. The summed E-state index contributed by atoms with van der Waals surface area (Å²) < 4.78 is 0. The third-order valence-electron chi connectivity index (χ3n) is 3.09. The second-order valence-electron chi connectivity index (χ2n) is 4.70. The van der Waals surface area contributed by atoms with Crippen LogP contribution in [0.1, 0.15) is 12.6 Å². The van der Waals surface area contributed by atoms with Gasteiger partial charge in [-0.3, -0.25) is 9.78 Å². The molecule has 1 heterocycles. The molecule has 1 rings (SSSR count). The molecule has 0 spiro atoms. The highest BCUT2D eigenvalue weighted by Crippen LogP contribution is 2.06. The normalized spacial score (nSPS) is 14.4. The zero-order valence-corrected chi connectivity index (χ0v) is 11.2. The number of nitrogens with zero attached hydrogens (tertiary/aromatic N) is 2. The van der Waals surface area contributed by atoms with Crippen molar-refractivity contribution in [1.29, 1.82) is 0 Å². The van der Waals surface area contributed by atoms with Crippen molar-refractivity contribution in [1.82, 2.24) is 15.2 Å². The van der Waals surface area contributed by atoms with Crippen LogP contribution in [0.3, 0.4) is 0 Å². The van der Waals surface area contributed by atoms with Crippen LogP contribution in [0.4, 0.5) is 0 Å². The lowest BCUT2D eigenvalue weighted by Gasteiger charge is -2.29. The third kappa shape index (κ3) is 4.09. The van der Waals surface area contributed by atoms with Gasteiger partial charge in [-0.15, -0.1) is 0 Å². The number of carbonyl (C=O) groups is 1. The zero-order valence-electron chi connectivity index (χ0n) is 11.2. The molecule has 0 aliphatic rings. The van der Waals surface area contributed by atoms with Crippen LogP contribution in [0.15, 0.2) is 24.4 Å². The van der Waals surface area contributed by atoms with E-state index in [2.05, 4.69) is 10.3 Å². The van der Waals surface area contributed by atoms with Gasteiger partial charge in [-0.1, -0.05) is 6.07 Å². The average Bonchev–Trinajstić information content (AvgIpc) is 2.37. The number of carboxylic acids is 1. The van der Waals surface area contributed by atoms with Gasteiger partial charge < -0.3 is 15.3 Å². The van der Waals surface area contributed by atoms with Crippen molar-refractivity contribution in [2.75, 3.05) is 27.2 Å². The van der Waals surface area contributed by atoms with Crippen molar-refractivity contribution in [2.24, 2.45) is 0 Å². The quantitative estimate of drug-likeness (QED) is 0.743. The monoisotopic (exact) mass is 251 g/mol. The first-order valence-corrected chi connectivity index (χ1v) is 5.98. The minimum atomic E-state index is -0.918. The summed E-state index contributed by atoms with van der Waals surface area (Å²) in [7, 11) is 3.59. The van der Waals surface area contributed by atoms with E-state index in [0.29, 0.717) is 6.54 Å². The Bertz CT molecular complexity index is 383. The van der Waals surface area contributed by atoms with Gasteiger partial charge in [-0.25, -0.2) is 0 Å². The van der Waals surface area contributed by atoms with E-state index in [1.54, 1.807) is 20.2 Å². The zero-order chi connectivity index (χ0) is 13.6. The van der Waals surface area contributed by atoms with E-state index in [9.17, 15) is 4.79 Å². The van der Waals surface area contributed by atoms with Crippen LogP contribution in [-0.4, -0.2) is 53.7 Å². The van der Waals surface area contributed by atoms with Crippen LogP contribution in [0, 0.1) is 0 Å². The highest BCUT2D eigenvalue weighted by atomic mass is 16.4. The molecule has 0 aliphatic heterocycles. The number of pyridine rings is 1. The van der Waals surface area contributed by atoms with Crippen LogP contribution in [-0.2, 0) is 11.2 Å². The van der Waals surface area contributed by atoms with Crippen LogP contribution in [0.25, 0.3) is 0 Å². The van der Waals surface area contributed by atoms with Gasteiger partial charge in [0.15, 0.2) is 0 Å². The summed E-state index contributed by atoms with van der Waals surface area (Å²) in [5, 5.41) is 12.0. The number of hydrogen-bond donors (Lipinski definition) is 2. The predicted octanol–water partition coefficient (Wildman–Crippen LogP) is 0.619. The standard InChI is InChI=1S/C13H21N3O2/c1-13(14-2,12(17)18)10-16(3)9-7-11-6-4-5-8-15-11/h4-6,8,14H,7,9-10H2,1-3H3,(H,17,18). The Kier molecular flexibility index (Phi) is 5.25. The van der Waals surface area contributed by atoms with Gasteiger partial charge in [-0.05, 0) is 33.2 Å². The van der Waals surface area contributed by atoms with Crippen molar-refractivity contribution in [3.05, 3.63) is 30.1 Å². The van der Waals surface area contributed by atoms with Crippen molar-refractivity contribution in [3.8, 4) is 0 Å². The molecule has 1 aromatic heterocycles. The first kappa shape index (κ1) is 14.6. The van der Waals surface area contributed by atoms with E-state index < -0.39 is 11.5 Å². The fourth-order valence-electron chi connectivity index (χ4n) is 1.72. The molecule has 1 aromatic rings. The molecule has 0 radical (unpaired) electrons. The van der Waals surface area contributed by atoms with Crippen LogP contribution in [0.2, 0.25) is 0 Å². The molecule has 5 heteroatoms. The van der Waals surface area contributed by atoms with Gasteiger partial charge in [0.25, 0.3) is 0 Å². The van der Waals surface area contributed by atoms with Gasteiger partial charge in [0.05, 0.1) is 0 Å². The Hall–Kier alpha value is -1.46. The lowest BCUT2D eigenvalue weighted by atomic mass is 10.0. The Morgan fingerprint density at radius 3 is 2.78 bits per heavy atom. The van der Waals surface area contributed by atoms with Gasteiger partial charge in [0.2, 0.25) is 0 Å². The first-order valence-electron chi connectivity index (χ1n) is 5.98. The van der Waals surface area contributed by atoms with Crippen molar-refractivity contribution in [3.63, 3.8) is 0 Å². The summed E-state index contributed by atoms with van der Waals surface area (Å²) >= 11 is 0. The molecular weight excluding hydrogens is 230 g/mol. The molecule has 0 saturated carbocycles. The molecule has 0 amide bonds. The number of aromatic nitrogens is 1. The summed E-state index contributed by atoms with van der Waals surface area (Å²) in [6.45, 7) is 2.92. The van der Waals surface area contributed by atoms with Gasteiger partial charge >= 0.3 is 5.97 Å². The fraction of sp³-hybridized carbons (Fsp3) is 0.538. The first-order chi connectivity index (χ1) is 8.48. The van der Waals surface area contributed by atoms with Gasteiger partial charge in [-0.2, -0.15) is 0 Å². The molecule has 0 aliphatic carbocycles. The highest BCUT2D eigenvalue weighted by Gasteiger charge is 2.32. The maximum Gasteiger partial charge on any atom is 0.324 e. The Morgan fingerprint density at radius 2 is 2.28 bits per heavy atom. The summed E-state index contributed by atoms with van der Waals surface area (Å²) in [6.07, 6.45) is 2.58. The summed E-state index contributed by atoms with van der Waals surface area (Å²) in [6, 6.07) is 5.81. The molecule has 18 heavy (non-hydrogen) atoms. The highest BCUT2D eigenvalue weighted by molar-refractivity contribution is 5.78. The maximum atomic E-state index is 11.2. The summed E-state index contributed by atoms with van der Waals surface area (Å²) in [5.41, 5.74) is 0.102. The SMILES string of the molecule is CNC(C)(CN(C)CCc1ccccn1)C(=O)O. The predicted molar refractivity (Wildman–Crippen MR) is 70.5 cm³/mol. The van der Waals surface area contributed by atoms with Crippen molar-refractivity contribution < 1.29 is 9.90 Å². The number of hydrogen-bond acceptors (Lipinski definition) is 4. The summed E-state index contributed by atoms with van der Waals surface area (Å²) in [5.74, 6) is -0.838. The molecule has 0 bridgehead atoms. The molecule has 0 aromatic carbocycles. The van der Waals surface area contributed by atoms with Crippen LogP contribution >= 0.6 is 0 Å². The molecule has 0 saturated heterocycles. The molecular formula is C13H21N3O2. The van der Waals surface area contributed by atoms with Gasteiger partial charge in [0, 0.05) is 31.4 Å². The molecule has 1 unspecified atom stereocenters. The molecule has 1 atom stereocenters. The lowest BCUT2D eigenvalue weighted by molar-refractivity contribution is -0.144. The largest absolute Gasteiger partial charge is 0.480 e.